The van der Waals surface area contributed by atoms with Crippen LogP contribution in [-0.2, 0) is 32.7 Å². The van der Waals surface area contributed by atoms with E-state index in [0.29, 0.717) is 12.8 Å². The van der Waals surface area contributed by atoms with Crippen LogP contribution in [0, 0.1) is 0 Å². The molecule has 0 aromatic carbocycles. The quantitative estimate of drug-likeness (QED) is 0.0146. The summed E-state index contributed by atoms with van der Waals surface area (Å²) in [5, 5.41) is 50.2. The van der Waals surface area contributed by atoms with E-state index >= 15 is 0 Å². The van der Waals surface area contributed by atoms with Gasteiger partial charge in [-0.15, -0.1) is 0 Å². The Morgan fingerprint density at radius 1 is 0.484 bits per heavy atom. The van der Waals surface area contributed by atoms with Gasteiger partial charge in [-0.25, -0.2) is 4.57 Å². The molecule has 1 aliphatic carbocycles. The Morgan fingerprint density at radius 2 is 0.875 bits per heavy atom. The highest BCUT2D eigenvalue weighted by molar-refractivity contribution is 7.47. The van der Waals surface area contributed by atoms with Crippen LogP contribution in [0.25, 0.3) is 0 Å². The number of rotatable bonds is 43. The largest absolute Gasteiger partial charge is 0.472 e. The summed E-state index contributed by atoms with van der Waals surface area (Å²) in [6, 6.07) is 0. The van der Waals surface area contributed by atoms with Crippen molar-refractivity contribution in [2.24, 2.45) is 0 Å². The SMILES string of the molecule is CCC/C=C\C/C=C\CCCCCCCC(=O)OC(COC(=O)CCCCCCCCCCCCCCCCCCCCCCCC)COP(=O)(O)OC1C(O)C(O)C(O)C(O)C1O. The van der Waals surface area contributed by atoms with Crippen molar-refractivity contribution in [3.63, 3.8) is 0 Å². The fourth-order valence-electron chi connectivity index (χ4n) is 7.92. The standard InChI is InChI=1S/C50H93O13P/c1-3-5-7-9-11-13-15-17-18-19-20-21-22-23-24-25-27-28-30-32-34-36-38-43(51)60-40-42(41-61-64(58,59)63-50-48(56)46(54)45(53)47(55)49(50)57)62-44(52)39-37-35-33-31-29-26-16-14-12-10-8-6-4-2/h8,10,14,16,42,45-50,53-57H,3-7,9,11-13,15,17-41H2,1-2H3,(H,58,59)/b10-8-,16-14-. The second kappa shape index (κ2) is 40.4. The second-order valence-corrected chi connectivity index (χ2v) is 19.4. The van der Waals surface area contributed by atoms with Crippen molar-refractivity contribution < 1.29 is 63.1 Å². The van der Waals surface area contributed by atoms with Crippen LogP contribution in [0.1, 0.15) is 226 Å². The average Bonchev–Trinajstić information content (AvgIpc) is 3.28. The lowest BCUT2D eigenvalue weighted by molar-refractivity contribution is -0.220. The first-order valence-corrected chi connectivity index (χ1v) is 27.1. The fourth-order valence-corrected chi connectivity index (χ4v) is 8.89. The number of ether oxygens (including phenoxy) is 2. The van der Waals surface area contributed by atoms with Crippen LogP contribution in [0.3, 0.4) is 0 Å². The van der Waals surface area contributed by atoms with Gasteiger partial charge in [0.25, 0.3) is 0 Å². The summed E-state index contributed by atoms with van der Waals surface area (Å²) < 4.78 is 33.6. The summed E-state index contributed by atoms with van der Waals surface area (Å²) in [6.45, 7) is 3.25. The van der Waals surface area contributed by atoms with Crippen molar-refractivity contribution in [2.75, 3.05) is 13.2 Å². The van der Waals surface area contributed by atoms with Crippen LogP contribution in [-0.4, -0.2) is 98.3 Å². The molecule has 0 amide bonds. The molecule has 0 aromatic rings. The number of aliphatic hydroxyl groups is 5. The Bertz CT molecular complexity index is 1220. The average molecular weight is 933 g/mol. The minimum Gasteiger partial charge on any atom is -0.462 e. The number of unbranched alkanes of at least 4 members (excludes halogenated alkanes) is 27. The summed E-state index contributed by atoms with van der Waals surface area (Å²) >= 11 is 0. The van der Waals surface area contributed by atoms with Gasteiger partial charge >= 0.3 is 19.8 Å². The van der Waals surface area contributed by atoms with E-state index in [9.17, 15) is 44.6 Å². The monoisotopic (exact) mass is 933 g/mol. The Kier molecular flexibility index (Phi) is 38.1. The van der Waals surface area contributed by atoms with Gasteiger partial charge in [-0.1, -0.05) is 199 Å². The van der Waals surface area contributed by atoms with E-state index in [0.717, 1.165) is 70.6 Å². The van der Waals surface area contributed by atoms with Gasteiger partial charge < -0.3 is 39.9 Å². The van der Waals surface area contributed by atoms with Crippen LogP contribution >= 0.6 is 7.82 Å². The van der Waals surface area contributed by atoms with Crippen LogP contribution in [0.4, 0.5) is 0 Å². The van der Waals surface area contributed by atoms with Crippen LogP contribution in [0.5, 0.6) is 0 Å². The Labute approximate surface area is 387 Å². The maximum Gasteiger partial charge on any atom is 0.472 e. The van der Waals surface area contributed by atoms with Gasteiger partial charge in [0.05, 0.1) is 6.61 Å². The van der Waals surface area contributed by atoms with E-state index in [1.54, 1.807) is 0 Å². The summed E-state index contributed by atoms with van der Waals surface area (Å²) in [4.78, 5) is 35.8. The molecule has 13 nitrogen and oxygen atoms in total. The predicted octanol–water partition coefficient (Wildman–Crippen LogP) is 10.8. The molecule has 0 aliphatic heterocycles. The molecule has 0 radical (unpaired) electrons. The van der Waals surface area contributed by atoms with Crippen molar-refractivity contribution in [3.8, 4) is 0 Å². The maximum atomic E-state index is 12.8. The molecule has 1 fully saturated rings. The maximum absolute atomic E-state index is 12.8. The minimum atomic E-state index is -5.12. The minimum absolute atomic E-state index is 0.0831. The number of hydrogen-bond donors (Lipinski definition) is 6. The van der Waals surface area contributed by atoms with E-state index in [2.05, 4.69) is 38.2 Å². The van der Waals surface area contributed by atoms with E-state index < -0.39 is 75.7 Å². The number of phosphoric acid groups is 1. The zero-order valence-electron chi connectivity index (χ0n) is 40.1. The molecular weight excluding hydrogens is 840 g/mol. The summed E-state index contributed by atoms with van der Waals surface area (Å²) in [5.41, 5.74) is 0. The molecule has 0 bridgehead atoms. The Balaban J connectivity index is 2.35. The number of allylic oxidation sites excluding steroid dienone is 4. The van der Waals surface area contributed by atoms with Crippen molar-refractivity contribution in [3.05, 3.63) is 24.3 Å². The highest BCUT2D eigenvalue weighted by Crippen LogP contribution is 2.47. The molecule has 6 atom stereocenters. The predicted molar refractivity (Wildman–Crippen MR) is 254 cm³/mol. The molecule has 64 heavy (non-hydrogen) atoms. The molecule has 14 heteroatoms. The lowest BCUT2D eigenvalue weighted by Crippen LogP contribution is -2.64. The molecule has 376 valence electrons. The first-order valence-electron chi connectivity index (χ1n) is 25.6. The third-order valence-electron chi connectivity index (χ3n) is 12.0. The molecule has 1 rings (SSSR count). The van der Waals surface area contributed by atoms with E-state index in [1.165, 1.54) is 116 Å². The molecule has 0 heterocycles. The van der Waals surface area contributed by atoms with Gasteiger partial charge in [0.2, 0.25) is 0 Å². The summed E-state index contributed by atoms with van der Waals surface area (Å²) in [6.07, 6.45) is 32.4. The Morgan fingerprint density at radius 3 is 1.33 bits per heavy atom. The number of carbonyl (C=O) groups is 2. The van der Waals surface area contributed by atoms with Crippen molar-refractivity contribution in [1.29, 1.82) is 0 Å². The van der Waals surface area contributed by atoms with Gasteiger partial charge in [0, 0.05) is 12.8 Å². The fraction of sp³-hybridized carbons (Fsp3) is 0.880. The third kappa shape index (κ3) is 32.1. The molecular formula is C50H93O13P. The van der Waals surface area contributed by atoms with Gasteiger partial charge in [-0.2, -0.15) is 0 Å². The van der Waals surface area contributed by atoms with Crippen molar-refractivity contribution in [2.45, 2.75) is 268 Å². The number of esters is 2. The summed E-state index contributed by atoms with van der Waals surface area (Å²) in [5.74, 6) is -1.11. The number of phosphoric ester groups is 1. The number of hydrogen-bond acceptors (Lipinski definition) is 12. The highest BCUT2D eigenvalue weighted by atomic mass is 31.2. The van der Waals surface area contributed by atoms with Gasteiger partial charge in [-0.3, -0.25) is 18.6 Å². The number of carbonyl (C=O) groups excluding carboxylic acids is 2. The second-order valence-electron chi connectivity index (χ2n) is 18.0. The first kappa shape index (κ1) is 60.3. The smallest absolute Gasteiger partial charge is 0.462 e. The van der Waals surface area contributed by atoms with Gasteiger partial charge in [0.1, 0.15) is 43.2 Å². The lowest BCUT2D eigenvalue weighted by atomic mass is 9.85. The zero-order chi connectivity index (χ0) is 47.1. The van der Waals surface area contributed by atoms with E-state index in [4.69, 9.17) is 18.5 Å². The molecule has 0 saturated heterocycles. The lowest BCUT2D eigenvalue weighted by Gasteiger charge is -2.41. The molecule has 6 unspecified atom stereocenters. The van der Waals surface area contributed by atoms with Crippen molar-refractivity contribution in [1.82, 2.24) is 0 Å². The summed E-state index contributed by atoms with van der Waals surface area (Å²) in [7, 11) is -5.12. The van der Waals surface area contributed by atoms with E-state index in [-0.39, 0.29) is 12.8 Å². The van der Waals surface area contributed by atoms with Crippen LogP contribution < -0.4 is 0 Å². The number of aliphatic hydroxyl groups excluding tert-OH is 5. The molecule has 6 N–H and O–H groups in total. The van der Waals surface area contributed by atoms with Crippen LogP contribution in [0.2, 0.25) is 0 Å². The topological polar surface area (TPSA) is 210 Å². The van der Waals surface area contributed by atoms with Gasteiger partial charge in [-0.05, 0) is 38.5 Å². The third-order valence-corrected chi connectivity index (χ3v) is 13.0. The molecule has 1 aliphatic rings. The Hall–Kier alpha value is -1.67. The van der Waals surface area contributed by atoms with Crippen LogP contribution in [0.15, 0.2) is 24.3 Å². The normalized spacial score (nSPS) is 21.7. The first-order chi connectivity index (χ1) is 30.9. The molecule has 0 aromatic heterocycles. The molecule has 1 saturated carbocycles. The highest BCUT2D eigenvalue weighted by Gasteiger charge is 2.51. The zero-order valence-corrected chi connectivity index (χ0v) is 41.0. The van der Waals surface area contributed by atoms with E-state index in [1.807, 2.05) is 0 Å². The van der Waals surface area contributed by atoms with Crippen molar-refractivity contribution >= 4 is 19.8 Å². The molecule has 0 spiro atoms. The van der Waals surface area contributed by atoms with Gasteiger partial charge in [0.15, 0.2) is 6.10 Å².